The minimum absolute atomic E-state index is 0.0879. The van der Waals surface area contributed by atoms with Crippen LogP contribution in [0, 0.1) is 0 Å². The number of benzene rings is 1. The summed E-state index contributed by atoms with van der Waals surface area (Å²) in [7, 11) is 0. The summed E-state index contributed by atoms with van der Waals surface area (Å²) in [5.74, 6) is -0.0879. The molecule has 2 N–H and O–H groups in total. The molecule has 2 aromatic heterocycles. The number of thiazole rings is 1. The molecule has 0 spiro atoms. The molecule has 0 bridgehead atoms. The van der Waals surface area contributed by atoms with Gasteiger partial charge in [-0.1, -0.05) is 29.8 Å². The Morgan fingerprint density at radius 2 is 2.20 bits per heavy atom. The number of allylic oxidation sites excluding steroid dienone is 1. The maximum Gasteiger partial charge on any atom is 0.270 e. The molecule has 0 unspecified atom stereocenters. The number of hydrogen-bond acceptors (Lipinski definition) is 3. The molecular weight excluding hydrogens is 330 g/mol. The number of hydrogen-bond donors (Lipinski definition) is 2. The van der Waals surface area contributed by atoms with E-state index in [0.717, 1.165) is 28.0 Å². The second kappa shape index (κ2) is 7.23. The molecule has 1 aromatic carbocycles. The molecule has 0 radical (unpaired) electrons. The molecule has 0 fully saturated rings. The Morgan fingerprint density at radius 1 is 1.28 bits per heavy atom. The minimum Gasteiger partial charge on any atom is -0.353 e. The fraction of sp³-hybridized carbons (Fsp3) is 0.300. The van der Waals surface area contributed by atoms with Gasteiger partial charge in [0.2, 0.25) is 0 Å². The van der Waals surface area contributed by atoms with E-state index >= 15 is 0 Å². The number of nitrogens with zero attached hydrogens (tertiary/aromatic N) is 1. The van der Waals surface area contributed by atoms with Gasteiger partial charge in [0.1, 0.15) is 10.7 Å². The van der Waals surface area contributed by atoms with Crippen LogP contribution in [-0.4, -0.2) is 22.4 Å². The molecule has 0 aliphatic heterocycles. The third-order valence-corrected chi connectivity index (χ3v) is 5.49. The van der Waals surface area contributed by atoms with Crippen molar-refractivity contribution in [3.05, 3.63) is 53.1 Å². The van der Waals surface area contributed by atoms with Crippen LogP contribution in [0.4, 0.5) is 0 Å². The lowest BCUT2D eigenvalue weighted by Crippen LogP contribution is -2.25. The van der Waals surface area contributed by atoms with Gasteiger partial charge in [0.05, 0.1) is 5.69 Å². The Morgan fingerprint density at radius 3 is 3.04 bits per heavy atom. The third kappa shape index (κ3) is 3.66. The van der Waals surface area contributed by atoms with Gasteiger partial charge in [-0.25, -0.2) is 4.98 Å². The summed E-state index contributed by atoms with van der Waals surface area (Å²) in [6.45, 7) is 0.684. The molecule has 0 saturated carbocycles. The highest BCUT2D eigenvalue weighted by molar-refractivity contribution is 7.13. The Balaban J connectivity index is 1.40. The summed E-state index contributed by atoms with van der Waals surface area (Å²) in [5, 5.41) is 6.82. The summed E-state index contributed by atoms with van der Waals surface area (Å²) < 4.78 is 0. The first-order chi connectivity index (χ1) is 12.3. The van der Waals surface area contributed by atoms with Gasteiger partial charge in [-0.3, -0.25) is 4.79 Å². The lowest BCUT2D eigenvalue weighted by molar-refractivity contribution is 0.0950. The lowest BCUT2D eigenvalue weighted by Gasteiger charge is -2.12. The van der Waals surface area contributed by atoms with Gasteiger partial charge in [-0.05, 0) is 44.2 Å². The Kier molecular flexibility index (Phi) is 4.65. The van der Waals surface area contributed by atoms with Crippen LogP contribution in [0.2, 0.25) is 0 Å². The van der Waals surface area contributed by atoms with Gasteiger partial charge in [-0.15, -0.1) is 11.3 Å². The zero-order valence-electron chi connectivity index (χ0n) is 14.0. The van der Waals surface area contributed by atoms with Crippen molar-refractivity contribution >= 4 is 28.1 Å². The number of carbonyl (C=O) groups excluding carboxylic acids is 1. The molecular formula is C20H21N3OS. The number of amides is 1. The zero-order valence-corrected chi connectivity index (χ0v) is 14.9. The van der Waals surface area contributed by atoms with E-state index in [9.17, 15) is 4.79 Å². The van der Waals surface area contributed by atoms with Gasteiger partial charge in [0.15, 0.2) is 0 Å². The first-order valence-electron chi connectivity index (χ1n) is 8.79. The molecule has 4 nitrogen and oxygen atoms in total. The highest BCUT2D eigenvalue weighted by atomic mass is 32.1. The molecule has 1 aliphatic rings. The highest BCUT2D eigenvalue weighted by Gasteiger charge is 2.13. The molecule has 1 amide bonds. The summed E-state index contributed by atoms with van der Waals surface area (Å²) in [6, 6.07) is 10.2. The van der Waals surface area contributed by atoms with Crippen LogP contribution in [0.5, 0.6) is 0 Å². The summed E-state index contributed by atoms with van der Waals surface area (Å²) >= 11 is 1.49. The molecule has 128 valence electrons. The van der Waals surface area contributed by atoms with Crippen molar-refractivity contribution in [1.82, 2.24) is 15.3 Å². The maximum atomic E-state index is 12.3. The number of aromatic amines is 1. The maximum absolute atomic E-state index is 12.3. The molecule has 5 heteroatoms. The second-order valence-corrected chi connectivity index (χ2v) is 7.28. The van der Waals surface area contributed by atoms with Crippen molar-refractivity contribution in [2.45, 2.75) is 32.1 Å². The van der Waals surface area contributed by atoms with Crippen LogP contribution in [-0.2, 0) is 0 Å². The number of fused-ring (bicyclic) bond motifs is 1. The quantitative estimate of drug-likeness (QED) is 0.642. The van der Waals surface area contributed by atoms with Gasteiger partial charge in [-0.2, -0.15) is 0 Å². The van der Waals surface area contributed by atoms with Crippen LogP contribution >= 0.6 is 11.3 Å². The van der Waals surface area contributed by atoms with Crippen LogP contribution in [0.1, 0.15) is 42.6 Å². The largest absolute Gasteiger partial charge is 0.353 e. The van der Waals surface area contributed by atoms with Crippen molar-refractivity contribution in [1.29, 1.82) is 0 Å². The Hall–Kier alpha value is -2.40. The predicted octanol–water partition coefficient (Wildman–Crippen LogP) is 4.91. The van der Waals surface area contributed by atoms with Gasteiger partial charge < -0.3 is 10.3 Å². The Labute approximate surface area is 151 Å². The molecule has 4 rings (SSSR count). The average Bonchev–Trinajstić information content (AvgIpc) is 3.29. The number of para-hydroxylation sites is 1. The normalized spacial score (nSPS) is 14.5. The van der Waals surface area contributed by atoms with Gasteiger partial charge >= 0.3 is 0 Å². The second-order valence-electron chi connectivity index (χ2n) is 6.42. The number of rotatable bonds is 5. The van der Waals surface area contributed by atoms with E-state index in [1.165, 1.54) is 42.6 Å². The molecule has 2 heterocycles. The minimum atomic E-state index is -0.0879. The van der Waals surface area contributed by atoms with E-state index in [0.29, 0.717) is 12.2 Å². The molecule has 0 atom stereocenters. The van der Waals surface area contributed by atoms with Gasteiger partial charge in [0, 0.05) is 22.8 Å². The van der Waals surface area contributed by atoms with E-state index in [1.807, 2.05) is 23.6 Å². The number of aromatic nitrogens is 2. The molecule has 1 aliphatic carbocycles. The van der Waals surface area contributed by atoms with E-state index in [1.54, 1.807) is 0 Å². The summed E-state index contributed by atoms with van der Waals surface area (Å²) in [4.78, 5) is 20.2. The monoisotopic (exact) mass is 351 g/mol. The fourth-order valence-corrected chi connectivity index (χ4v) is 4.02. The summed E-state index contributed by atoms with van der Waals surface area (Å²) in [6.07, 6.45) is 8.21. The first kappa shape index (κ1) is 16.1. The van der Waals surface area contributed by atoms with Crippen molar-refractivity contribution in [2.24, 2.45) is 0 Å². The van der Waals surface area contributed by atoms with Crippen molar-refractivity contribution < 1.29 is 4.79 Å². The number of nitrogens with one attached hydrogen (secondary N) is 2. The SMILES string of the molecule is O=C(NCCC1=CCCCC1)c1csc(-c2cc3ccccc3[nH]2)n1. The van der Waals surface area contributed by atoms with Crippen LogP contribution in [0.25, 0.3) is 21.6 Å². The van der Waals surface area contributed by atoms with Crippen LogP contribution in [0.15, 0.2) is 47.4 Å². The molecule has 0 saturated heterocycles. The standard InChI is InChI=1S/C20H21N3OS/c24-19(21-11-10-14-6-2-1-3-7-14)18-13-25-20(23-18)17-12-15-8-4-5-9-16(15)22-17/h4-6,8-9,12-13,22H,1-3,7,10-11H2,(H,21,24). The Bertz CT molecular complexity index is 889. The smallest absolute Gasteiger partial charge is 0.270 e. The van der Waals surface area contributed by atoms with Crippen molar-refractivity contribution in [3.8, 4) is 10.7 Å². The van der Waals surface area contributed by atoms with E-state index < -0.39 is 0 Å². The van der Waals surface area contributed by atoms with Crippen molar-refractivity contribution in [3.63, 3.8) is 0 Å². The molecule has 3 aromatic rings. The van der Waals surface area contributed by atoms with E-state index in [2.05, 4.69) is 33.5 Å². The summed E-state index contributed by atoms with van der Waals surface area (Å²) in [5.41, 5.74) is 4.01. The van der Waals surface area contributed by atoms with Crippen molar-refractivity contribution in [2.75, 3.05) is 6.54 Å². The van der Waals surface area contributed by atoms with E-state index in [4.69, 9.17) is 0 Å². The third-order valence-electron chi connectivity index (χ3n) is 4.61. The topological polar surface area (TPSA) is 57.8 Å². The fourth-order valence-electron chi connectivity index (χ4n) is 3.25. The van der Waals surface area contributed by atoms with Gasteiger partial charge in [0.25, 0.3) is 5.91 Å². The first-order valence-corrected chi connectivity index (χ1v) is 9.67. The number of carbonyl (C=O) groups is 1. The van der Waals surface area contributed by atoms with Crippen LogP contribution in [0.3, 0.4) is 0 Å². The number of H-pyrrole nitrogens is 1. The van der Waals surface area contributed by atoms with E-state index in [-0.39, 0.29) is 5.91 Å². The molecule has 25 heavy (non-hydrogen) atoms. The zero-order chi connectivity index (χ0) is 17.1. The average molecular weight is 351 g/mol. The predicted molar refractivity (Wildman–Crippen MR) is 103 cm³/mol. The lowest BCUT2D eigenvalue weighted by atomic mass is 9.97. The van der Waals surface area contributed by atoms with Crippen LogP contribution < -0.4 is 5.32 Å². The highest BCUT2D eigenvalue weighted by Crippen LogP contribution is 2.27.